The van der Waals surface area contributed by atoms with Gasteiger partial charge in [0.2, 0.25) is 0 Å². The second-order valence-electron chi connectivity index (χ2n) is 5.26. The van der Waals surface area contributed by atoms with E-state index in [-0.39, 0.29) is 12.1 Å². The molecular formula is C18H16BrN3OS. The van der Waals surface area contributed by atoms with Gasteiger partial charge in [-0.25, -0.2) is 9.78 Å². The Morgan fingerprint density at radius 2 is 2.04 bits per heavy atom. The molecule has 1 atom stereocenters. The van der Waals surface area contributed by atoms with Crippen molar-refractivity contribution in [1.82, 2.24) is 10.3 Å². The summed E-state index contributed by atoms with van der Waals surface area (Å²) >= 11 is 5.08. The highest BCUT2D eigenvalue weighted by atomic mass is 79.9. The molecule has 2 aromatic carbocycles. The average Bonchev–Trinajstić information content (AvgIpc) is 3.10. The number of rotatable bonds is 4. The summed E-state index contributed by atoms with van der Waals surface area (Å²) < 4.78 is 0.976. The van der Waals surface area contributed by atoms with E-state index in [0.29, 0.717) is 0 Å². The maximum absolute atomic E-state index is 12.3. The standard InChI is InChI=1S/C18H16BrN3OS/c1-12(15-7-2-3-8-16(15)19)21-18(23)22-14-6-4-5-13(11-14)17-20-9-10-24-17/h2-12H,1H3,(H2,21,22,23). The van der Waals surface area contributed by atoms with Gasteiger partial charge < -0.3 is 10.6 Å². The van der Waals surface area contributed by atoms with Crippen LogP contribution in [0.4, 0.5) is 10.5 Å². The maximum atomic E-state index is 12.3. The van der Waals surface area contributed by atoms with Gasteiger partial charge in [0, 0.05) is 27.3 Å². The van der Waals surface area contributed by atoms with Crippen molar-refractivity contribution >= 4 is 39.0 Å². The topological polar surface area (TPSA) is 54.0 Å². The van der Waals surface area contributed by atoms with Crippen LogP contribution in [0.5, 0.6) is 0 Å². The van der Waals surface area contributed by atoms with Crippen LogP contribution in [0.15, 0.2) is 64.6 Å². The fourth-order valence-electron chi connectivity index (χ4n) is 2.36. The summed E-state index contributed by atoms with van der Waals surface area (Å²) in [5.41, 5.74) is 2.75. The largest absolute Gasteiger partial charge is 0.331 e. The minimum absolute atomic E-state index is 0.109. The summed E-state index contributed by atoms with van der Waals surface area (Å²) in [5.74, 6) is 0. The second kappa shape index (κ2) is 7.59. The third-order valence-electron chi connectivity index (χ3n) is 3.52. The molecule has 0 aliphatic rings. The molecule has 3 aromatic rings. The van der Waals surface area contributed by atoms with Crippen molar-refractivity contribution in [3.05, 3.63) is 70.1 Å². The number of anilines is 1. The van der Waals surface area contributed by atoms with E-state index in [0.717, 1.165) is 26.3 Å². The number of aromatic nitrogens is 1. The summed E-state index contributed by atoms with van der Waals surface area (Å²) in [6.07, 6.45) is 1.77. The molecule has 0 saturated heterocycles. The molecule has 0 aliphatic carbocycles. The Bertz CT molecular complexity index is 836. The Hall–Kier alpha value is -2.18. The molecule has 0 bridgehead atoms. The van der Waals surface area contributed by atoms with Crippen LogP contribution in [0, 0.1) is 0 Å². The first kappa shape index (κ1) is 16.7. The highest BCUT2D eigenvalue weighted by Crippen LogP contribution is 2.25. The number of hydrogen-bond acceptors (Lipinski definition) is 3. The van der Waals surface area contributed by atoms with E-state index >= 15 is 0 Å². The smallest absolute Gasteiger partial charge is 0.319 e. The minimum Gasteiger partial charge on any atom is -0.331 e. The molecule has 0 fully saturated rings. The third-order valence-corrected chi connectivity index (χ3v) is 5.06. The van der Waals surface area contributed by atoms with E-state index in [1.807, 2.05) is 60.8 Å². The lowest BCUT2D eigenvalue weighted by Crippen LogP contribution is -2.31. The van der Waals surface area contributed by atoms with Gasteiger partial charge in [0.05, 0.1) is 6.04 Å². The third kappa shape index (κ3) is 4.01. The Kier molecular flexibility index (Phi) is 5.27. The number of nitrogens with zero attached hydrogens (tertiary/aromatic N) is 1. The van der Waals surface area contributed by atoms with Crippen LogP contribution in [0.25, 0.3) is 10.6 Å². The monoisotopic (exact) mass is 401 g/mol. The van der Waals surface area contributed by atoms with Crippen molar-refractivity contribution in [1.29, 1.82) is 0 Å². The van der Waals surface area contributed by atoms with Gasteiger partial charge in [-0.2, -0.15) is 0 Å². The summed E-state index contributed by atoms with van der Waals surface area (Å²) in [6.45, 7) is 1.95. The number of nitrogens with one attached hydrogen (secondary N) is 2. The molecule has 1 heterocycles. The van der Waals surface area contributed by atoms with E-state index in [1.54, 1.807) is 17.5 Å². The Balaban J connectivity index is 1.67. The predicted molar refractivity (Wildman–Crippen MR) is 102 cm³/mol. The lowest BCUT2D eigenvalue weighted by molar-refractivity contribution is 0.249. The fraction of sp³-hybridized carbons (Fsp3) is 0.111. The van der Waals surface area contributed by atoms with Crippen LogP contribution in [0.2, 0.25) is 0 Å². The zero-order chi connectivity index (χ0) is 16.9. The molecule has 0 spiro atoms. The lowest BCUT2D eigenvalue weighted by Gasteiger charge is -2.16. The van der Waals surface area contributed by atoms with Crippen molar-refractivity contribution in [3.63, 3.8) is 0 Å². The molecule has 0 radical (unpaired) electrons. The van der Waals surface area contributed by atoms with Crippen molar-refractivity contribution in [2.24, 2.45) is 0 Å². The molecule has 24 heavy (non-hydrogen) atoms. The van der Waals surface area contributed by atoms with Gasteiger partial charge in [-0.05, 0) is 30.7 Å². The Labute approximate surface area is 153 Å². The highest BCUT2D eigenvalue weighted by Gasteiger charge is 2.12. The molecule has 4 nitrogen and oxygen atoms in total. The quantitative estimate of drug-likeness (QED) is 0.609. The first-order valence-electron chi connectivity index (χ1n) is 7.45. The van der Waals surface area contributed by atoms with Crippen LogP contribution in [0.1, 0.15) is 18.5 Å². The van der Waals surface area contributed by atoms with Gasteiger partial charge >= 0.3 is 6.03 Å². The molecule has 122 valence electrons. The molecule has 3 rings (SSSR count). The number of carbonyl (C=O) groups excluding carboxylic acids is 1. The molecule has 1 unspecified atom stereocenters. The van der Waals surface area contributed by atoms with E-state index in [9.17, 15) is 4.79 Å². The van der Waals surface area contributed by atoms with E-state index < -0.39 is 0 Å². The van der Waals surface area contributed by atoms with Crippen LogP contribution in [0.3, 0.4) is 0 Å². The maximum Gasteiger partial charge on any atom is 0.319 e. The van der Waals surface area contributed by atoms with Gasteiger partial charge in [0.15, 0.2) is 0 Å². The van der Waals surface area contributed by atoms with Gasteiger partial charge in [-0.3, -0.25) is 0 Å². The van der Waals surface area contributed by atoms with Crippen molar-refractivity contribution in [2.75, 3.05) is 5.32 Å². The molecule has 0 saturated carbocycles. The number of urea groups is 1. The van der Waals surface area contributed by atoms with Crippen molar-refractivity contribution in [2.45, 2.75) is 13.0 Å². The normalized spacial score (nSPS) is 11.8. The lowest BCUT2D eigenvalue weighted by atomic mass is 10.1. The Morgan fingerprint density at radius 1 is 1.21 bits per heavy atom. The summed E-state index contributed by atoms with van der Waals surface area (Å²) in [4.78, 5) is 16.5. The number of amides is 2. The highest BCUT2D eigenvalue weighted by molar-refractivity contribution is 9.10. The van der Waals surface area contributed by atoms with Gasteiger partial charge in [-0.15, -0.1) is 11.3 Å². The summed E-state index contributed by atoms with van der Waals surface area (Å²) in [5, 5.41) is 8.69. The molecular weight excluding hydrogens is 386 g/mol. The first-order valence-corrected chi connectivity index (χ1v) is 9.12. The zero-order valence-corrected chi connectivity index (χ0v) is 15.4. The van der Waals surface area contributed by atoms with Crippen molar-refractivity contribution < 1.29 is 4.79 Å². The van der Waals surface area contributed by atoms with Crippen LogP contribution >= 0.6 is 27.3 Å². The minimum atomic E-state index is -0.241. The van der Waals surface area contributed by atoms with Crippen LogP contribution < -0.4 is 10.6 Å². The van der Waals surface area contributed by atoms with E-state index in [2.05, 4.69) is 31.5 Å². The average molecular weight is 402 g/mol. The molecule has 2 amide bonds. The molecule has 2 N–H and O–H groups in total. The van der Waals surface area contributed by atoms with Gasteiger partial charge in [0.25, 0.3) is 0 Å². The van der Waals surface area contributed by atoms with Gasteiger partial charge in [-0.1, -0.05) is 46.3 Å². The summed E-state index contributed by atoms with van der Waals surface area (Å²) in [6, 6.07) is 15.2. The molecule has 0 aliphatic heterocycles. The number of hydrogen-bond donors (Lipinski definition) is 2. The van der Waals surface area contributed by atoms with E-state index in [1.165, 1.54) is 0 Å². The first-order chi connectivity index (χ1) is 11.6. The number of benzene rings is 2. The number of thiazole rings is 1. The van der Waals surface area contributed by atoms with Crippen molar-refractivity contribution in [3.8, 4) is 10.6 Å². The summed E-state index contributed by atoms with van der Waals surface area (Å²) in [7, 11) is 0. The second-order valence-corrected chi connectivity index (χ2v) is 7.01. The van der Waals surface area contributed by atoms with E-state index in [4.69, 9.17) is 0 Å². The predicted octanol–water partition coefficient (Wildman–Crippen LogP) is 5.46. The fourth-order valence-corrected chi connectivity index (χ4v) is 3.63. The molecule has 6 heteroatoms. The van der Waals surface area contributed by atoms with Gasteiger partial charge in [0.1, 0.15) is 5.01 Å². The number of halogens is 1. The zero-order valence-electron chi connectivity index (χ0n) is 13.0. The number of carbonyl (C=O) groups is 1. The van der Waals surface area contributed by atoms with Crippen LogP contribution in [-0.4, -0.2) is 11.0 Å². The van der Waals surface area contributed by atoms with Crippen LogP contribution in [-0.2, 0) is 0 Å². The Morgan fingerprint density at radius 3 is 2.79 bits per heavy atom. The SMILES string of the molecule is CC(NC(=O)Nc1cccc(-c2nccs2)c1)c1ccccc1Br. The molecule has 1 aromatic heterocycles.